The van der Waals surface area contributed by atoms with Crippen molar-refractivity contribution in [3.05, 3.63) is 39.9 Å². The van der Waals surface area contributed by atoms with Gasteiger partial charge in [-0.15, -0.1) is 0 Å². The number of nitro groups is 1. The summed E-state index contributed by atoms with van der Waals surface area (Å²) in [6.45, 7) is 44.3. The molecule has 39 heteroatoms. The Morgan fingerprint density at radius 2 is 0.938 bits per heavy atom. The summed E-state index contributed by atoms with van der Waals surface area (Å²) in [5.74, 6) is 0.533. The van der Waals surface area contributed by atoms with Crippen LogP contribution < -0.4 is 31.9 Å². The summed E-state index contributed by atoms with van der Waals surface area (Å²) in [6, 6.07) is 0.752. The number of alkyl halides is 1. The van der Waals surface area contributed by atoms with Crippen molar-refractivity contribution in [1.29, 1.82) is 0 Å². The molecule has 0 aromatic heterocycles. The van der Waals surface area contributed by atoms with Crippen LogP contribution >= 0.6 is 39.5 Å². The number of nitrogens with one attached hydrogen (secondary N) is 6. The predicted octanol–water partition coefficient (Wildman–Crippen LogP) is 8.41. The summed E-state index contributed by atoms with van der Waals surface area (Å²) >= 11 is 6.23. The molecule has 4 fully saturated rings. The van der Waals surface area contributed by atoms with Gasteiger partial charge in [0.25, 0.3) is 5.69 Å². The van der Waals surface area contributed by atoms with E-state index in [1.165, 1.54) is 35.7 Å². The van der Waals surface area contributed by atoms with E-state index in [0.29, 0.717) is 23.5 Å². The molecule has 3 aliphatic heterocycles. The Labute approximate surface area is 684 Å². The lowest BCUT2D eigenvalue weighted by Crippen LogP contribution is -2.69. The minimum absolute atomic E-state index is 0.0132. The maximum Gasteiger partial charge on any atom is 0.408 e. The molecule has 1 aliphatic carbocycles. The topological polar surface area (TPSA) is 459 Å². The second-order valence-electron chi connectivity index (χ2n) is 36.9. The van der Waals surface area contributed by atoms with Gasteiger partial charge in [-0.1, -0.05) is 57.5 Å². The van der Waals surface area contributed by atoms with E-state index >= 15 is 0 Å². The largest absolute Gasteiger partial charge is 0.444 e. The molecular formula is C74H130BrN7O27S2Si2. The molecule has 0 spiro atoms. The lowest BCUT2D eigenvalue weighted by molar-refractivity contribution is -0.384. The number of aliphatic hydroxyl groups excluding tert-OH is 6. The van der Waals surface area contributed by atoms with Crippen molar-refractivity contribution in [2.24, 2.45) is 0 Å². The van der Waals surface area contributed by atoms with Gasteiger partial charge in [-0.3, -0.25) is 14.9 Å². The molecule has 34 nitrogen and oxygen atoms in total. The van der Waals surface area contributed by atoms with E-state index in [4.69, 9.17) is 61.0 Å². The number of alkyl carbamates (subject to hydrolysis) is 5. The Kier molecular flexibility index (Phi) is 35.5. The van der Waals surface area contributed by atoms with Crippen molar-refractivity contribution in [2.45, 2.75) is 350 Å². The number of nitrogens with zero attached hydrogens (tertiary/aromatic N) is 1. The van der Waals surface area contributed by atoms with Crippen molar-refractivity contribution in [1.82, 2.24) is 31.9 Å². The smallest absolute Gasteiger partial charge is 0.408 e. The van der Waals surface area contributed by atoms with Gasteiger partial charge in [-0.05, 0) is 182 Å². The Hall–Kier alpha value is -4.51. The standard InChI is InChI=1S/C74H130BrN7O27S2Si2/c1-68(2,3)104-63(90)76-34-44-51(85)53(87)48(80-66(93)107-71(10,11)12)60(98-44)101-57-42(79-65(92)106-70(7,8)9)33-41(75)50(84)59(57)103-62-55(89)58(102-61-49(81-67(94)108-72(13,14)15)54(88)52(86)45(99-61)35-77-64(91)105-69(4,5)6)46(100-62)37-110-31-26-32-111-38-47(83)78-43(36-97-112(22,23)73(16,17)18)56(109-113(24,25)74(19,20)21)39-27-29-40(30-28-39)82(95)96/h27-30,41-46,48-62,84-89H,26,31-38H2,1-25H3,(H,76,90)(H,77,91)(H,78,83)(H,79,92)(H,80,93)(H,81,94)/t41-,42+,43-,44-,45+,46-,48-,49-,50+,51-,52-,53-,54-,55-,56-,57-,58-,59-,60-,61?,62+/m1/s1. The number of amides is 6. The molecule has 4 aliphatic rings. The SMILES string of the molecule is CC(C)(C)OC(=O)NC[C@@H]1OC(O[C@H]2[C@@H](O)[C@H](O[C@@H]3[C@@H](O)[C@H](Br)C[C@H](NC(=O)OC(C)(C)C)[C@H]3O[C@H]3O[C@H](CNC(=O)OC(C)(C)C)[C@@H](O)[C@H](O)[C@H]3NC(=O)OC(C)(C)C)O[C@@H]2CSCCCSCC(=O)N[C@H](CO[Si](C)(C)C(C)(C)C)[C@H](O[Si](C)(C)C(C)(C)C)c2ccc([N+](=O)[O-])cc2)[C@H](NC(=O)OC(C)(C)C)[C@@H](O)[C@@H]1O. The second-order valence-corrected chi connectivity index (χ2v) is 49.9. The van der Waals surface area contributed by atoms with Crippen molar-refractivity contribution >= 4 is 98.1 Å². The first-order chi connectivity index (χ1) is 51.6. The summed E-state index contributed by atoms with van der Waals surface area (Å²) in [5.41, 5.74) is -4.62. The van der Waals surface area contributed by atoms with E-state index in [1.807, 2.05) is 0 Å². The Balaban J connectivity index is 1.54. The minimum Gasteiger partial charge on any atom is -0.444 e. The lowest BCUT2D eigenvalue weighted by Gasteiger charge is -2.48. The molecule has 12 N–H and O–H groups in total. The highest BCUT2D eigenvalue weighted by Crippen LogP contribution is 2.44. The van der Waals surface area contributed by atoms with Gasteiger partial charge in [0.1, 0.15) is 101 Å². The zero-order valence-corrected chi connectivity index (χ0v) is 75.4. The molecule has 6 amide bonds. The monoisotopic (exact) mass is 1750 g/mol. The first-order valence-electron chi connectivity index (χ1n) is 38.1. The van der Waals surface area contributed by atoms with Gasteiger partial charge in [-0.25, -0.2) is 24.0 Å². The average Bonchev–Trinajstić information content (AvgIpc) is 1.61. The summed E-state index contributed by atoms with van der Waals surface area (Å²) in [6.07, 6.45) is -31.2. The maximum atomic E-state index is 14.3. The molecule has 21 atom stereocenters. The molecule has 0 radical (unpaired) electrons. The first-order valence-corrected chi connectivity index (χ1v) is 47.2. The summed E-state index contributed by atoms with van der Waals surface area (Å²) in [4.78, 5) is 92.0. The number of carbonyl (C=O) groups excluding carboxylic acids is 6. The number of benzene rings is 1. The number of thioether (sulfide) groups is 2. The average molecular weight is 1750 g/mol. The highest BCUT2D eigenvalue weighted by Gasteiger charge is 2.57. The third-order valence-electron chi connectivity index (χ3n) is 19.1. The van der Waals surface area contributed by atoms with Crippen molar-refractivity contribution in [3.8, 4) is 0 Å². The maximum absolute atomic E-state index is 14.3. The number of hydrogen-bond donors (Lipinski definition) is 12. The quantitative estimate of drug-likeness (QED) is 0.00858. The van der Waals surface area contributed by atoms with Gasteiger partial charge in [0.05, 0.1) is 47.7 Å². The molecule has 0 bridgehead atoms. The van der Waals surface area contributed by atoms with Crippen LogP contribution in [0.4, 0.5) is 29.7 Å². The van der Waals surface area contributed by atoms with Crippen LogP contribution in [-0.4, -0.2) is 280 Å². The molecule has 3 heterocycles. The van der Waals surface area contributed by atoms with E-state index < -0.39 is 220 Å². The number of hydrogen-bond acceptors (Lipinski definition) is 29. The first kappa shape index (κ1) is 99.1. The molecule has 1 aromatic rings. The molecular weight excluding hydrogens is 1620 g/mol. The van der Waals surface area contributed by atoms with Crippen LogP contribution in [-0.2, 0) is 65.8 Å². The van der Waals surface area contributed by atoms with Crippen LogP contribution in [0.3, 0.4) is 0 Å². The van der Waals surface area contributed by atoms with E-state index in [9.17, 15) is 69.5 Å². The molecule has 1 unspecified atom stereocenters. The third-order valence-corrected chi connectivity index (χ3v) is 31.2. The number of nitro benzene ring substituents is 1. The fourth-order valence-corrected chi connectivity index (χ4v) is 16.5. The minimum atomic E-state index is -2.61. The molecule has 650 valence electrons. The fourth-order valence-electron chi connectivity index (χ4n) is 11.5. The Morgan fingerprint density at radius 1 is 0.531 bits per heavy atom. The number of halogens is 1. The number of aliphatic hydroxyl groups is 6. The second kappa shape index (κ2) is 40.5. The predicted molar refractivity (Wildman–Crippen MR) is 430 cm³/mol. The summed E-state index contributed by atoms with van der Waals surface area (Å²) in [7, 11) is -5.04. The molecule has 113 heavy (non-hydrogen) atoms. The van der Waals surface area contributed by atoms with Gasteiger partial charge in [-0.2, -0.15) is 23.5 Å². The fraction of sp³-hybridized carbons (Fsp3) is 0.838. The van der Waals surface area contributed by atoms with Gasteiger partial charge in [0, 0.05) is 35.8 Å². The van der Waals surface area contributed by atoms with E-state index in [-0.39, 0.29) is 46.2 Å². The van der Waals surface area contributed by atoms with Crippen LogP contribution in [0.5, 0.6) is 0 Å². The van der Waals surface area contributed by atoms with Gasteiger partial charge >= 0.3 is 30.5 Å². The molecule has 3 saturated heterocycles. The van der Waals surface area contributed by atoms with Gasteiger partial charge in [0.15, 0.2) is 35.5 Å². The van der Waals surface area contributed by atoms with Crippen molar-refractivity contribution < 1.29 is 125 Å². The van der Waals surface area contributed by atoms with Gasteiger partial charge < -0.3 is 123 Å². The van der Waals surface area contributed by atoms with Crippen LogP contribution in [0.25, 0.3) is 0 Å². The summed E-state index contributed by atoms with van der Waals surface area (Å²) in [5, 5.41) is 100.0. The number of carbonyl (C=O) groups is 6. The van der Waals surface area contributed by atoms with Gasteiger partial charge in [0.2, 0.25) is 5.91 Å². The van der Waals surface area contributed by atoms with Crippen molar-refractivity contribution in [2.75, 3.05) is 42.7 Å². The van der Waals surface area contributed by atoms with Crippen LogP contribution in [0, 0.1) is 10.1 Å². The normalized spacial score (nSPS) is 28.9. The van der Waals surface area contributed by atoms with E-state index in [1.54, 1.807) is 116 Å². The number of non-ortho nitro benzene ring substituents is 1. The highest BCUT2D eigenvalue weighted by atomic mass is 79.9. The summed E-state index contributed by atoms with van der Waals surface area (Å²) < 4.78 is 81.1. The lowest BCUT2D eigenvalue weighted by atomic mass is 9.86. The van der Waals surface area contributed by atoms with Crippen LogP contribution in [0.2, 0.25) is 36.3 Å². The van der Waals surface area contributed by atoms with Crippen LogP contribution in [0.1, 0.15) is 170 Å². The Bertz CT molecular complexity index is 3270. The van der Waals surface area contributed by atoms with E-state index in [0.717, 1.165) is 0 Å². The molecule has 1 saturated carbocycles. The van der Waals surface area contributed by atoms with Crippen LogP contribution in [0.15, 0.2) is 24.3 Å². The molecule has 5 rings (SSSR count). The zero-order valence-electron chi connectivity index (χ0n) is 70.2. The zero-order chi connectivity index (χ0) is 85.9. The highest BCUT2D eigenvalue weighted by molar-refractivity contribution is 9.09. The van der Waals surface area contributed by atoms with E-state index in [2.05, 4.69) is 116 Å². The molecule has 1 aromatic carbocycles. The number of rotatable bonds is 30. The van der Waals surface area contributed by atoms with Crippen molar-refractivity contribution in [3.63, 3.8) is 0 Å². The third kappa shape index (κ3) is 31.3. The Morgan fingerprint density at radius 3 is 1.37 bits per heavy atom. The number of ether oxygens (including phenoxy) is 11.